The molecule has 0 atom stereocenters. The van der Waals surface area contributed by atoms with Crippen molar-refractivity contribution in [2.24, 2.45) is 0 Å². The smallest absolute Gasteiger partial charge is 0.233 e. The molecule has 0 spiro atoms. The van der Waals surface area contributed by atoms with Gasteiger partial charge in [-0.15, -0.1) is 5.10 Å². The van der Waals surface area contributed by atoms with Crippen LogP contribution in [0, 0.1) is 0 Å². The van der Waals surface area contributed by atoms with Crippen molar-refractivity contribution in [1.29, 1.82) is 0 Å². The number of aromatic nitrogens is 3. The summed E-state index contributed by atoms with van der Waals surface area (Å²) in [6.07, 6.45) is 3.90. The Balaban J connectivity index is 1.44. The minimum Gasteiger partial charge on any atom is -0.487 e. The van der Waals surface area contributed by atoms with Gasteiger partial charge in [0, 0.05) is 41.4 Å². The van der Waals surface area contributed by atoms with Gasteiger partial charge in [0.25, 0.3) is 0 Å². The average Bonchev–Trinajstić information content (AvgIpc) is 3.21. The number of rotatable bonds is 4. The number of anilines is 1. The molecular weight excluding hydrogens is 434 g/mol. The molecule has 0 radical (unpaired) electrons. The minimum atomic E-state index is 0.0914. The third kappa shape index (κ3) is 4.29. The third-order valence-corrected chi connectivity index (χ3v) is 7.69. The van der Waals surface area contributed by atoms with Gasteiger partial charge in [0.1, 0.15) is 12.4 Å². The van der Waals surface area contributed by atoms with E-state index in [9.17, 15) is 0 Å². The van der Waals surface area contributed by atoms with Crippen LogP contribution in [0.15, 0.2) is 30.5 Å². The number of piperidine rings is 1. The number of nitrogens with one attached hydrogen (secondary N) is 1. The van der Waals surface area contributed by atoms with Crippen LogP contribution >= 0.6 is 11.3 Å². The molecule has 0 aliphatic carbocycles. The highest BCUT2D eigenvalue weighted by Crippen LogP contribution is 2.45. The van der Waals surface area contributed by atoms with Gasteiger partial charge < -0.3 is 19.7 Å². The number of fused-ring (bicyclic) bond motifs is 3. The zero-order chi connectivity index (χ0) is 23.4. The van der Waals surface area contributed by atoms with Crippen LogP contribution in [-0.4, -0.2) is 46.5 Å². The Bertz CT molecular complexity index is 1170. The lowest BCUT2D eigenvalue weighted by molar-refractivity contribution is 0.161. The summed E-state index contributed by atoms with van der Waals surface area (Å²) < 4.78 is 11.3. The molecule has 7 nitrogen and oxygen atoms in total. The molecule has 174 valence electrons. The maximum Gasteiger partial charge on any atom is 0.233 e. The number of ether oxygens (including phenoxy) is 2. The number of nitrogens with zero attached hydrogens (tertiary/aromatic N) is 4. The van der Waals surface area contributed by atoms with Crippen LogP contribution in [0.1, 0.15) is 46.2 Å². The van der Waals surface area contributed by atoms with Gasteiger partial charge in [0.05, 0.1) is 23.9 Å². The molecule has 5 rings (SSSR count). The first-order valence-electron chi connectivity index (χ1n) is 11.3. The van der Waals surface area contributed by atoms with E-state index in [0.29, 0.717) is 18.5 Å². The number of benzene rings is 1. The lowest BCUT2D eigenvalue weighted by Gasteiger charge is -2.48. The topological polar surface area (TPSA) is 72.4 Å². The van der Waals surface area contributed by atoms with Crippen molar-refractivity contribution in [2.45, 2.75) is 64.3 Å². The fraction of sp³-hybridized carbons (Fsp3) is 0.480. The molecule has 0 bridgehead atoms. The van der Waals surface area contributed by atoms with Crippen molar-refractivity contribution in [1.82, 2.24) is 20.5 Å². The Morgan fingerprint density at radius 3 is 2.61 bits per heavy atom. The summed E-state index contributed by atoms with van der Waals surface area (Å²) in [6, 6.07) is 8.59. The van der Waals surface area contributed by atoms with E-state index in [2.05, 4.69) is 73.4 Å². The van der Waals surface area contributed by atoms with Gasteiger partial charge >= 0.3 is 0 Å². The largest absolute Gasteiger partial charge is 0.487 e. The molecule has 8 heteroatoms. The SMILES string of the molecule is COc1cc(-c2ccc3c(c2)OCc2nc(N(C)C4CC(C)(C)NC(C)(C)C4)sc2-3)cnn1. The zero-order valence-corrected chi connectivity index (χ0v) is 20.9. The van der Waals surface area contributed by atoms with E-state index in [0.717, 1.165) is 46.1 Å². The second kappa shape index (κ2) is 7.95. The van der Waals surface area contributed by atoms with E-state index in [4.69, 9.17) is 14.5 Å². The van der Waals surface area contributed by atoms with Crippen LogP contribution < -0.4 is 19.7 Å². The van der Waals surface area contributed by atoms with E-state index in [-0.39, 0.29) is 11.1 Å². The third-order valence-electron chi connectivity index (χ3n) is 6.47. The van der Waals surface area contributed by atoms with Gasteiger partial charge in [-0.25, -0.2) is 4.98 Å². The minimum absolute atomic E-state index is 0.0914. The molecule has 0 amide bonds. The fourth-order valence-corrected chi connectivity index (χ4v) is 6.39. The summed E-state index contributed by atoms with van der Waals surface area (Å²) in [7, 11) is 3.77. The molecule has 0 saturated carbocycles. The maximum absolute atomic E-state index is 6.12. The van der Waals surface area contributed by atoms with Gasteiger partial charge in [0.15, 0.2) is 5.13 Å². The summed E-state index contributed by atoms with van der Waals surface area (Å²) in [4.78, 5) is 8.56. The summed E-state index contributed by atoms with van der Waals surface area (Å²) in [5.41, 5.74) is 4.26. The first kappa shape index (κ1) is 22.1. The Morgan fingerprint density at radius 1 is 1.12 bits per heavy atom. The molecule has 33 heavy (non-hydrogen) atoms. The van der Waals surface area contributed by atoms with Gasteiger partial charge in [0.2, 0.25) is 5.88 Å². The quantitative estimate of drug-likeness (QED) is 0.587. The normalized spacial score (nSPS) is 18.7. The first-order chi connectivity index (χ1) is 15.6. The van der Waals surface area contributed by atoms with Crippen molar-refractivity contribution in [2.75, 3.05) is 19.1 Å². The highest BCUT2D eigenvalue weighted by Gasteiger charge is 2.40. The molecule has 2 aliphatic heterocycles. The first-order valence-corrected chi connectivity index (χ1v) is 12.1. The van der Waals surface area contributed by atoms with Gasteiger partial charge in [-0.2, -0.15) is 5.10 Å². The summed E-state index contributed by atoms with van der Waals surface area (Å²) in [5.74, 6) is 1.37. The van der Waals surface area contributed by atoms with Crippen molar-refractivity contribution < 1.29 is 9.47 Å². The Morgan fingerprint density at radius 2 is 1.88 bits per heavy atom. The molecule has 1 fully saturated rings. The van der Waals surface area contributed by atoms with Crippen LogP contribution in [0.5, 0.6) is 11.6 Å². The van der Waals surface area contributed by atoms with E-state index in [1.807, 2.05) is 6.07 Å². The molecule has 1 saturated heterocycles. The Labute approximate surface area is 199 Å². The predicted octanol–water partition coefficient (Wildman–Crippen LogP) is 4.91. The van der Waals surface area contributed by atoms with Crippen LogP contribution in [0.4, 0.5) is 5.13 Å². The lowest BCUT2D eigenvalue weighted by Crippen LogP contribution is -2.61. The van der Waals surface area contributed by atoms with E-state index < -0.39 is 0 Å². The second-order valence-corrected chi connectivity index (χ2v) is 11.3. The summed E-state index contributed by atoms with van der Waals surface area (Å²) >= 11 is 1.76. The van der Waals surface area contributed by atoms with E-state index in [1.165, 1.54) is 4.88 Å². The molecule has 2 aliphatic rings. The van der Waals surface area contributed by atoms with Gasteiger partial charge in [-0.3, -0.25) is 0 Å². The van der Waals surface area contributed by atoms with Crippen LogP contribution in [0.2, 0.25) is 0 Å². The molecule has 1 N–H and O–H groups in total. The van der Waals surface area contributed by atoms with Crippen molar-refractivity contribution in [3.05, 3.63) is 36.2 Å². The van der Waals surface area contributed by atoms with E-state index in [1.54, 1.807) is 24.6 Å². The molecule has 3 aromatic rings. The van der Waals surface area contributed by atoms with Gasteiger partial charge in [-0.1, -0.05) is 17.4 Å². The van der Waals surface area contributed by atoms with Gasteiger partial charge in [-0.05, 0) is 58.2 Å². The summed E-state index contributed by atoms with van der Waals surface area (Å²) in [6.45, 7) is 9.64. The zero-order valence-electron chi connectivity index (χ0n) is 20.1. The van der Waals surface area contributed by atoms with Crippen molar-refractivity contribution >= 4 is 16.5 Å². The average molecular weight is 466 g/mol. The van der Waals surface area contributed by atoms with Crippen molar-refractivity contribution in [3.63, 3.8) is 0 Å². The number of hydrogen-bond donors (Lipinski definition) is 1. The molecule has 2 aromatic heterocycles. The van der Waals surface area contributed by atoms with E-state index >= 15 is 0 Å². The van der Waals surface area contributed by atoms with Crippen LogP contribution in [-0.2, 0) is 6.61 Å². The Hall–Kier alpha value is -2.71. The highest BCUT2D eigenvalue weighted by molar-refractivity contribution is 7.19. The van der Waals surface area contributed by atoms with Crippen molar-refractivity contribution in [3.8, 4) is 33.2 Å². The number of thiazole rings is 1. The fourth-order valence-electron chi connectivity index (χ4n) is 5.26. The highest BCUT2D eigenvalue weighted by atomic mass is 32.1. The summed E-state index contributed by atoms with van der Waals surface area (Å²) in [5, 5.41) is 12.8. The number of methoxy groups -OCH3 is 1. The molecular formula is C25H31N5O2S. The molecule has 0 unspecified atom stereocenters. The standard InChI is InChI=1S/C25H31N5O2S/c1-24(2)11-17(12-25(3,4)29-24)30(5)23-27-19-14-32-20-9-15(7-8-18(20)22(19)33-23)16-10-21(31-6)28-26-13-16/h7-10,13,17,29H,11-12,14H2,1-6H3. The van der Waals surface area contributed by atoms with Crippen LogP contribution in [0.3, 0.4) is 0 Å². The maximum atomic E-state index is 6.12. The predicted molar refractivity (Wildman–Crippen MR) is 132 cm³/mol. The molecule has 4 heterocycles. The number of hydrogen-bond acceptors (Lipinski definition) is 8. The Kier molecular flexibility index (Phi) is 5.33. The lowest BCUT2D eigenvalue weighted by atomic mass is 9.79. The molecule has 1 aromatic carbocycles. The second-order valence-electron chi connectivity index (χ2n) is 10.3. The van der Waals surface area contributed by atoms with Crippen LogP contribution in [0.25, 0.3) is 21.6 Å². The monoisotopic (exact) mass is 465 g/mol.